The smallest absolute Gasteiger partial charge is 0.248 e. The highest BCUT2D eigenvalue weighted by Crippen LogP contribution is 2.19. The van der Waals surface area contributed by atoms with Crippen molar-refractivity contribution < 1.29 is 13.2 Å². The second-order valence-electron chi connectivity index (χ2n) is 5.80. The fourth-order valence-electron chi connectivity index (χ4n) is 2.57. The summed E-state index contributed by atoms with van der Waals surface area (Å²) in [4.78, 5) is 12.3. The number of amides is 1. The van der Waals surface area contributed by atoms with Gasteiger partial charge in [0.1, 0.15) is 0 Å². The number of hydrogen-bond acceptors (Lipinski definition) is 3. The Morgan fingerprint density at radius 3 is 2.42 bits per heavy atom. The summed E-state index contributed by atoms with van der Waals surface area (Å²) in [5, 5.41) is 2.71. The number of anilines is 1. The number of hydrogen-bond donors (Lipinski definition) is 1. The van der Waals surface area contributed by atoms with Crippen LogP contribution in [0.5, 0.6) is 0 Å². The van der Waals surface area contributed by atoms with Gasteiger partial charge in [0.05, 0.1) is 4.90 Å². The molecule has 2 aromatic rings. The molecule has 0 heterocycles. The molecule has 0 spiro atoms. The Morgan fingerprint density at radius 1 is 1.08 bits per heavy atom. The maximum atomic E-state index is 12.6. The van der Waals surface area contributed by atoms with Gasteiger partial charge >= 0.3 is 0 Å². The molecule has 138 valence electrons. The summed E-state index contributed by atoms with van der Waals surface area (Å²) in [7, 11) is -3.56. The van der Waals surface area contributed by atoms with Crippen LogP contribution in [0.3, 0.4) is 0 Å². The molecule has 0 aromatic heterocycles. The molecule has 0 aliphatic rings. The minimum Gasteiger partial charge on any atom is -0.322 e. The highest BCUT2D eigenvalue weighted by molar-refractivity contribution is 7.89. The van der Waals surface area contributed by atoms with Gasteiger partial charge in [-0.15, -0.1) is 0 Å². The Bertz CT molecular complexity index is 901. The van der Waals surface area contributed by atoms with E-state index in [4.69, 9.17) is 0 Å². The van der Waals surface area contributed by atoms with Gasteiger partial charge in [-0.05, 0) is 42.3 Å². The zero-order valence-corrected chi connectivity index (χ0v) is 16.1. The predicted molar refractivity (Wildman–Crippen MR) is 105 cm³/mol. The van der Waals surface area contributed by atoms with Gasteiger partial charge in [-0.3, -0.25) is 4.79 Å². The van der Waals surface area contributed by atoms with E-state index in [-0.39, 0.29) is 10.8 Å². The fraction of sp³-hybridized carbons (Fsp3) is 0.250. The topological polar surface area (TPSA) is 66.5 Å². The molecule has 0 radical (unpaired) electrons. The second kappa shape index (κ2) is 8.78. The van der Waals surface area contributed by atoms with Gasteiger partial charge < -0.3 is 5.32 Å². The number of nitrogens with zero attached hydrogens (tertiary/aromatic N) is 1. The number of nitrogens with one attached hydrogen (secondary N) is 1. The number of benzene rings is 2. The Morgan fingerprint density at radius 2 is 1.77 bits per heavy atom. The van der Waals surface area contributed by atoms with Crippen molar-refractivity contribution >= 4 is 27.7 Å². The lowest BCUT2D eigenvalue weighted by atomic mass is 10.1. The van der Waals surface area contributed by atoms with Crippen molar-refractivity contribution in [1.82, 2.24) is 4.31 Å². The first kappa shape index (κ1) is 19.9. The molecule has 1 amide bonds. The van der Waals surface area contributed by atoms with Crippen molar-refractivity contribution in [3.8, 4) is 0 Å². The van der Waals surface area contributed by atoms with Gasteiger partial charge in [-0.1, -0.05) is 44.2 Å². The molecule has 0 aliphatic heterocycles. The average Bonchev–Trinajstić information content (AvgIpc) is 2.62. The molecule has 0 aliphatic carbocycles. The highest BCUT2D eigenvalue weighted by atomic mass is 32.2. The van der Waals surface area contributed by atoms with Crippen LogP contribution in [0.1, 0.15) is 25.0 Å². The molecular formula is C20H24N2O3S. The van der Waals surface area contributed by atoms with Crippen LogP contribution in [0.4, 0.5) is 5.69 Å². The van der Waals surface area contributed by atoms with Gasteiger partial charge in [0.25, 0.3) is 0 Å². The second-order valence-corrected chi connectivity index (χ2v) is 7.73. The van der Waals surface area contributed by atoms with Crippen LogP contribution in [0.25, 0.3) is 6.08 Å². The average molecular weight is 372 g/mol. The highest BCUT2D eigenvalue weighted by Gasteiger charge is 2.21. The van der Waals surface area contributed by atoms with Gasteiger partial charge in [0.15, 0.2) is 0 Å². The molecule has 2 aromatic carbocycles. The predicted octanol–water partition coefficient (Wildman–Crippen LogP) is 3.68. The van der Waals surface area contributed by atoms with Gasteiger partial charge in [-0.2, -0.15) is 4.31 Å². The third kappa shape index (κ3) is 4.80. The van der Waals surface area contributed by atoms with Crippen molar-refractivity contribution in [2.75, 3.05) is 18.4 Å². The third-order valence-corrected chi connectivity index (χ3v) is 6.09. The normalized spacial score (nSPS) is 11.8. The summed E-state index contributed by atoms with van der Waals surface area (Å²) in [6, 6.07) is 14.0. The zero-order valence-electron chi connectivity index (χ0n) is 15.3. The number of sulfonamides is 1. The Hall–Kier alpha value is -2.44. The van der Waals surface area contributed by atoms with Crippen LogP contribution in [-0.4, -0.2) is 31.7 Å². The van der Waals surface area contributed by atoms with Crippen LogP contribution in [-0.2, 0) is 14.8 Å². The zero-order chi connectivity index (χ0) is 19.2. The van der Waals surface area contributed by atoms with Crippen LogP contribution >= 0.6 is 0 Å². The molecule has 0 fully saturated rings. The lowest BCUT2D eigenvalue weighted by molar-refractivity contribution is -0.111. The molecule has 0 bridgehead atoms. The summed E-state index contributed by atoms with van der Waals surface area (Å²) in [6.07, 6.45) is 3.18. The van der Waals surface area contributed by atoms with Crippen molar-refractivity contribution in [3.05, 3.63) is 65.7 Å². The lowest BCUT2D eigenvalue weighted by Gasteiger charge is -2.18. The molecular weight excluding hydrogens is 348 g/mol. The monoisotopic (exact) mass is 372 g/mol. The quantitative estimate of drug-likeness (QED) is 0.754. The summed E-state index contributed by atoms with van der Waals surface area (Å²) in [6.45, 7) is 6.36. The first-order chi connectivity index (χ1) is 12.4. The summed E-state index contributed by atoms with van der Waals surface area (Å²) in [5.41, 5.74) is 2.47. The molecule has 0 saturated heterocycles. The minimum atomic E-state index is -3.56. The Balaban J connectivity index is 2.16. The van der Waals surface area contributed by atoms with Crippen LogP contribution < -0.4 is 5.32 Å². The molecule has 0 unspecified atom stereocenters. The molecule has 5 nitrogen and oxygen atoms in total. The summed E-state index contributed by atoms with van der Waals surface area (Å²) >= 11 is 0. The van der Waals surface area contributed by atoms with Gasteiger partial charge in [0, 0.05) is 24.9 Å². The van der Waals surface area contributed by atoms with E-state index in [1.807, 2.05) is 31.2 Å². The molecule has 1 N–H and O–H groups in total. The fourth-order valence-corrected chi connectivity index (χ4v) is 4.07. The summed E-state index contributed by atoms with van der Waals surface area (Å²) in [5.74, 6) is -0.314. The first-order valence-corrected chi connectivity index (χ1v) is 9.97. The van der Waals surface area contributed by atoms with E-state index in [1.165, 1.54) is 22.5 Å². The van der Waals surface area contributed by atoms with E-state index >= 15 is 0 Å². The van der Waals surface area contributed by atoms with Crippen LogP contribution in [0, 0.1) is 6.92 Å². The summed E-state index contributed by atoms with van der Waals surface area (Å²) < 4.78 is 26.5. The van der Waals surface area contributed by atoms with E-state index < -0.39 is 10.0 Å². The Kier molecular flexibility index (Phi) is 6.71. The molecule has 26 heavy (non-hydrogen) atoms. The maximum Gasteiger partial charge on any atom is 0.248 e. The van der Waals surface area contributed by atoms with E-state index in [0.29, 0.717) is 18.8 Å². The maximum absolute atomic E-state index is 12.6. The van der Waals surface area contributed by atoms with Crippen molar-refractivity contribution in [2.24, 2.45) is 0 Å². The van der Waals surface area contributed by atoms with E-state index in [0.717, 1.165) is 11.1 Å². The number of carbonyl (C=O) groups is 1. The molecule has 0 saturated carbocycles. The largest absolute Gasteiger partial charge is 0.322 e. The lowest BCUT2D eigenvalue weighted by Crippen LogP contribution is -2.30. The molecule has 2 rings (SSSR count). The SMILES string of the molecule is CCN(CC)S(=O)(=O)c1cccc(NC(=O)/C=C/c2ccccc2C)c1. The molecule has 0 atom stereocenters. The van der Waals surface area contributed by atoms with E-state index in [1.54, 1.807) is 32.1 Å². The standard InChI is InChI=1S/C20H24N2O3S/c1-4-22(5-2)26(24,25)19-12-8-11-18(15-19)21-20(23)14-13-17-10-7-6-9-16(17)3/h6-15H,4-5H2,1-3H3,(H,21,23)/b14-13+. The van der Waals surface area contributed by atoms with Crippen LogP contribution in [0.2, 0.25) is 0 Å². The van der Waals surface area contributed by atoms with Crippen molar-refractivity contribution in [1.29, 1.82) is 0 Å². The van der Waals surface area contributed by atoms with Gasteiger partial charge in [-0.25, -0.2) is 8.42 Å². The van der Waals surface area contributed by atoms with Crippen molar-refractivity contribution in [2.45, 2.75) is 25.7 Å². The van der Waals surface area contributed by atoms with Gasteiger partial charge in [0.2, 0.25) is 15.9 Å². The number of rotatable bonds is 7. The minimum absolute atomic E-state index is 0.168. The van der Waals surface area contributed by atoms with E-state index in [9.17, 15) is 13.2 Å². The third-order valence-electron chi connectivity index (χ3n) is 4.05. The first-order valence-electron chi connectivity index (χ1n) is 8.53. The molecule has 6 heteroatoms. The number of aryl methyl sites for hydroxylation is 1. The van der Waals surface area contributed by atoms with Crippen molar-refractivity contribution in [3.63, 3.8) is 0 Å². The Labute approximate surface area is 155 Å². The van der Waals surface area contributed by atoms with E-state index in [2.05, 4.69) is 5.32 Å². The van der Waals surface area contributed by atoms with Crippen LogP contribution in [0.15, 0.2) is 59.5 Å². The number of carbonyl (C=O) groups excluding carboxylic acids is 1.